The molecular formula is C12H16ClN. The normalized spacial score (nSPS) is 9.93. The molecule has 1 rings (SSSR count). The molecule has 0 aliphatic heterocycles. The summed E-state index contributed by atoms with van der Waals surface area (Å²) >= 11 is 5.70. The van der Waals surface area contributed by atoms with Gasteiger partial charge in [-0.3, -0.25) is 0 Å². The average molecular weight is 210 g/mol. The van der Waals surface area contributed by atoms with Crippen molar-refractivity contribution < 1.29 is 0 Å². The maximum Gasteiger partial charge on any atom is 0.0448 e. The van der Waals surface area contributed by atoms with Crippen LogP contribution in [0.1, 0.15) is 5.56 Å². The quantitative estimate of drug-likeness (QED) is 0.544. The molecule has 0 heterocycles. The van der Waals surface area contributed by atoms with E-state index in [2.05, 4.69) is 37.6 Å². The van der Waals surface area contributed by atoms with Gasteiger partial charge in [-0.15, -0.1) is 11.6 Å². The van der Waals surface area contributed by atoms with Crippen molar-refractivity contribution in [1.82, 2.24) is 0 Å². The topological polar surface area (TPSA) is 3.24 Å². The average Bonchev–Trinajstić information content (AvgIpc) is 2.18. The first-order valence-corrected chi connectivity index (χ1v) is 5.18. The van der Waals surface area contributed by atoms with Gasteiger partial charge in [-0.2, -0.15) is 0 Å². The largest absolute Gasteiger partial charge is 0.370 e. The fourth-order valence-corrected chi connectivity index (χ4v) is 1.54. The number of hydrogen-bond donors (Lipinski definition) is 0. The maximum absolute atomic E-state index is 5.70. The second kappa shape index (κ2) is 5.06. The lowest BCUT2D eigenvalue weighted by Crippen LogP contribution is -2.21. The second-order valence-corrected chi connectivity index (χ2v) is 3.79. The van der Waals surface area contributed by atoms with Gasteiger partial charge in [0.05, 0.1) is 0 Å². The minimum Gasteiger partial charge on any atom is -0.370 e. The Balaban J connectivity index is 2.74. The summed E-state index contributed by atoms with van der Waals surface area (Å²) in [7, 11) is 2.06. The van der Waals surface area contributed by atoms with Crippen LogP contribution in [-0.2, 0) is 0 Å². The van der Waals surface area contributed by atoms with Gasteiger partial charge in [0.15, 0.2) is 0 Å². The first-order chi connectivity index (χ1) is 6.65. The Morgan fingerprint density at radius 1 is 1.43 bits per heavy atom. The van der Waals surface area contributed by atoms with Gasteiger partial charge in [-0.25, -0.2) is 0 Å². The third-order valence-corrected chi connectivity index (χ3v) is 2.55. The van der Waals surface area contributed by atoms with E-state index in [1.54, 1.807) is 0 Å². The number of para-hydroxylation sites is 1. The van der Waals surface area contributed by atoms with Crippen LogP contribution in [0.15, 0.2) is 36.4 Å². The minimum absolute atomic E-state index is 0.524. The van der Waals surface area contributed by atoms with Crippen LogP contribution in [0.3, 0.4) is 0 Å². The molecule has 0 atom stereocenters. The molecule has 14 heavy (non-hydrogen) atoms. The Labute approximate surface area is 91.0 Å². The Morgan fingerprint density at radius 3 is 2.64 bits per heavy atom. The fraction of sp³-hybridized carbons (Fsp3) is 0.333. The molecule has 1 aromatic rings. The van der Waals surface area contributed by atoms with E-state index in [9.17, 15) is 0 Å². The first-order valence-electron chi connectivity index (χ1n) is 4.64. The predicted molar refractivity (Wildman–Crippen MR) is 64.3 cm³/mol. The lowest BCUT2D eigenvalue weighted by molar-refractivity contribution is 0.980. The zero-order chi connectivity index (χ0) is 10.6. The smallest absolute Gasteiger partial charge is 0.0448 e. The van der Waals surface area contributed by atoms with Gasteiger partial charge in [0.1, 0.15) is 0 Å². The summed E-state index contributed by atoms with van der Waals surface area (Å²) in [5, 5.41) is 0. The second-order valence-electron chi connectivity index (χ2n) is 3.53. The van der Waals surface area contributed by atoms with Crippen molar-refractivity contribution in [3.63, 3.8) is 0 Å². The number of rotatable bonds is 4. The van der Waals surface area contributed by atoms with E-state index in [0.717, 1.165) is 12.1 Å². The Bertz CT molecular complexity index is 320. The van der Waals surface area contributed by atoms with Crippen LogP contribution in [-0.4, -0.2) is 19.5 Å². The Kier molecular flexibility index (Phi) is 4.02. The van der Waals surface area contributed by atoms with Gasteiger partial charge in [0.25, 0.3) is 0 Å². The molecule has 76 valence electrons. The highest BCUT2D eigenvalue weighted by Crippen LogP contribution is 2.18. The molecule has 0 radical (unpaired) electrons. The molecule has 0 unspecified atom stereocenters. The molecule has 1 aromatic carbocycles. The molecule has 2 heteroatoms. The van der Waals surface area contributed by atoms with Gasteiger partial charge < -0.3 is 4.90 Å². The molecule has 0 N–H and O–H groups in total. The van der Waals surface area contributed by atoms with E-state index >= 15 is 0 Å². The first kappa shape index (κ1) is 11.1. The van der Waals surface area contributed by atoms with Crippen molar-refractivity contribution in [2.75, 3.05) is 24.4 Å². The van der Waals surface area contributed by atoms with Crippen LogP contribution in [0.2, 0.25) is 0 Å². The number of aryl methyl sites for hydroxylation is 1. The molecule has 1 nitrogen and oxygen atoms in total. The Morgan fingerprint density at radius 2 is 2.07 bits per heavy atom. The van der Waals surface area contributed by atoms with E-state index in [-0.39, 0.29) is 0 Å². The highest BCUT2D eigenvalue weighted by molar-refractivity contribution is 6.19. The number of hydrogen-bond acceptors (Lipinski definition) is 1. The summed E-state index contributed by atoms with van der Waals surface area (Å²) in [4.78, 5) is 2.17. The lowest BCUT2D eigenvalue weighted by atomic mass is 10.2. The molecule has 0 saturated carbocycles. The van der Waals surface area contributed by atoms with Crippen molar-refractivity contribution in [2.24, 2.45) is 0 Å². The summed E-state index contributed by atoms with van der Waals surface area (Å²) in [6.07, 6.45) is 0. The molecular weight excluding hydrogens is 194 g/mol. The molecule has 0 aliphatic rings. The molecule has 0 bridgehead atoms. The third kappa shape index (κ3) is 2.78. The molecule has 0 saturated heterocycles. The zero-order valence-corrected chi connectivity index (χ0v) is 9.51. The van der Waals surface area contributed by atoms with Crippen LogP contribution in [0.4, 0.5) is 5.69 Å². The number of benzene rings is 1. The summed E-state index contributed by atoms with van der Waals surface area (Å²) in [6, 6.07) is 8.30. The zero-order valence-electron chi connectivity index (χ0n) is 8.76. The number of likely N-dealkylation sites (N-methyl/N-ethyl adjacent to an activating group) is 1. The SMILES string of the molecule is C=C(CCl)CN(C)c1ccccc1C. The fourth-order valence-electron chi connectivity index (χ4n) is 1.45. The molecule has 0 aliphatic carbocycles. The lowest BCUT2D eigenvalue weighted by Gasteiger charge is -2.21. The van der Waals surface area contributed by atoms with Gasteiger partial charge in [0, 0.05) is 25.2 Å². The molecule has 0 spiro atoms. The van der Waals surface area contributed by atoms with E-state index in [1.165, 1.54) is 11.3 Å². The maximum atomic E-state index is 5.70. The number of anilines is 1. The molecule has 0 fully saturated rings. The number of halogens is 1. The van der Waals surface area contributed by atoms with Crippen molar-refractivity contribution in [1.29, 1.82) is 0 Å². The van der Waals surface area contributed by atoms with E-state index < -0.39 is 0 Å². The summed E-state index contributed by atoms with van der Waals surface area (Å²) in [5.41, 5.74) is 3.55. The highest BCUT2D eigenvalue weighted by atomic mass is 35.5. The molecule has 0 aromatic heterocycles. The summed E-state index contributed by atoms with van der Waals surface area (Å²) in [5.74, 6) is 0.524. The van der Waals surface area contributed by atoms with Crippen LogP contribution >= 0.6 is 11.6 Å². The van der Waals surface area contributed by atoms with E-state index in [1.807, 2.05) is 12.1 Å². The summed E-state index contributed by atoms with van der Waals surface area (Å²) in [6.45, 7) is 6.82. The van der Waals surface area contributed by atoms with Crippen molar-refractivity contribution >= 4 is 17.3 Å². The van der Waals surface area contributed by atoms with Crippen molar-refractivity contribution in [2.45, 2.75) is 6.92 Å². The van der Waals surface area contributed by atoms with Gasteiger partial charge >= 0.3 is 0 Å². The van der Waals surface area contributed by atoms with Gasteiger partial charge in [0.2, 0.25) is 0 Å². The van der Waals surface area contributed by atoms with Crippen LogP contribution in [0.5, 0.6) is 0 Å². The van der Waals surface area contributed by atoms with E-state index in [4.69, 9.17) is 11.6 Å². The van der Waals surface area contributed by atoms with Gasteiger partial charge in [-0.1, -0.05) is 24.8 Å². The standard InChI is InChI=1S/C12H16ClN/c1-10(8-13)9-14(3)12-7-5-4-6-11(12)2/h4-7H,1,8-9H2,2-3H3. The summed E-state index contributed by atoms with van der Waals surface area (Å²) < 4.78 is 0. The highest BCUT2D eigenvalue weighted by Gasteiger charge is 2.04. The Hall–Kier alpha value is -0.950. The van der Waals surface area contributed by atoms with Crippen LogP contribution in [0, 0.1) is 6.92 Å². The predicted octanol–water partition coefficient (Wildman–Crippen LogP) is 3.23. The van der Waals surface area contributed by atoms with Crippen molar-refractivity contribution in [3.8, 4) is 0 Å². The third-order valence-electron chi connectivity index (χ3n) is 2.18. The van der Waals surface area contributed by atoms with Gasteiger partial charge in [-0.05, 0) is 24.1 Å². The molecule has 0 amide bonds. The van der Waals surface area contributed by atoms with Crippen molar-refractivity contribution in [3.05, 3.63) is 42.0 Å². The number of alkyl halides is 1. The minimum atomic E-state index is 0.524. The van der Waals surface area contributed by atoms with Crippen LogP contribution in [0.25, 0.3) is 0 Å². The van der Waals surface area contributed by atoms with E-state index in [0.29, 0.717) is 5.88 Å². The number of nitrogens with zero attached hydrogens (tertiary/aromatic N) is 1. The van der Waals surface area contributed by atoms with Crippen LogP contribution < -0.4 is 4.90 Å². The monoisotopic (exact) mass is 209 g/mol.